The molecule has 0 unspecified atom stereocenters. The molecule has 0 aliphatic heterocycles. The van der Waals surface area contributed by atoms with Gasteiger partial charge in [-0.2, -0.15) is 12.6 Å². The molecule has 0 radical (unpaired) electrons. The summed E-state index contributed by atoms with van der Waals surface area (Å²) in [6, 6.07) is 0. The van der Waals surface area contributed by atoms with E-state index in [2.05, 4.69) is 26.5 Å². The maximum atomic E-state index is 12.2. The summed E-state index contributed by atoms with van der Waals surface area (Å²) in [5.74, 6) is 1.60. The molecule has 0 aromatic heterocycles. The van der Waals surface area contributed by atoms with Gasteiger partial charge >= 0.3 is 0 Å². The van der Waals surface area contributed by atoms with Gasteiger partial charge in [-0.05, 0) is 29.9 Å². The lowest BCUT2D eigenvalue weighted by Crippen LogP contribution is -2.38. The third-order valence-electron chi connectivity index (χ3n) is 3.32. The van der Waals surface area contributed by atoms with Crippen LogP contribution in [-0.4, -0.2) is 43.4 Å². The van der Waals surface area contributed by atoms with E-state index in [-0.39, 0.29) is 11.3 Å². The molecule has 0 bridgehead atoms. The summed E-state index contributed by atoms with van der Waals surface area (Å²) in [6.45, 7) is 6.42. The summed E-state index contributed by atoms with van der Waals surface area (Å²) < 4.78 is 5.07. The Morgan fingerprint density at radius 3 is 2.53 bits per heavy atom. The van der Waals surface area contributed by atoms with Crippen LogP contribution in [-0.2, 0) is 9.53 Å². The number of ether oxygens (including phenoxy) is 1. The SMILES string of the molecule is COCCN(CC(C)C)C(=O)CC1(CS)CC1. The number of carbonyl (C=O) groups is 1. The maximum absolute atomic E-state index is 12.2. The Morgan fingerprint density at radius 2 is 2.12 bits per heavy atom. The van der Waals surface area contributed by atoms with E-state index < -0.39 is 0 Å². The Balaban J connectivity index is 2.46. The molecule has 1 fully saturated rings. The normalized spacial score (nSPS) is 17.2. The Morgan fingerprint density at radius 1 is 1.47 bits per heavy atom. The molecule has 1 amide bonds. The van der Waals surface area contributed by atoms with Gasteiger partial charge in [-0.15, -0.1) is 0 Å². The van der Waals surface area contributed by atoms with Crippen LogP contribution < -0.4 is 0 Å². The molecular weight excluding hydrogens is 234 g/mol. The quantitative estimate of drug-likeness (QED) is 0.677. The highest BCUT2D eigenvalue weighted by Crippen LogP contribution is 2.49. The summed E-state index contributed by atoms with van der Waals surface area (Å²) in [6.07, 6.45) is 2.97. The molecule has 0 saturated heterocycles. The van der Waals surface area contributed by atoms with Crippen LogP contribution in [0.2, 0.25) is 0 Å². The molecule has 1 saturated carbocycles. The number of amides is 1. The minimum Gasteiger partial charge on any atom is -0.383 e. The second-order valence-corrected chi connectivity index (χ2v) is 5.88. The molecule has 100 valence electrons. The predicted octanol–water partition coefficient (Wildman–Crippen LogP) is 2.22. The lowest BCUT2D eigenvalue weighted by Gasteiger charge is -2.26. The average Bonchev–Trinajstić information content (AvgIpc) is 3.04. The number of rotatable bonds is 8. The van der Waals surface area contributed by atoms with Crippen molar-refractivity contribution in [2.45, 2.75) is 33.1 Å². The van der Waals surface area contributed by atoms with Gasteiger partial charge in [-0.1, -0.05) is 13.8 Å². The molecule has 0 atom stereocenters. The highest BCUT2D eigenvalue weighted by atomic mass is 32.1. The molecule has 0 heterocycles. The molecule has 0 aromatic carbocycles. The number of hydrogen-bond donors (Lipinski definition) is 1. The molecule has 3 nitrogen and oxygen atoms in total. The van der Waals surface area contributed by atoms with Gasteiger partial charge < -0.3 is 9.64 Å². The lowest BCUT2D eigenvalue weighted by atomic mass is 10.0. The lowest BCUT2D eigenvalue weighted by molar-refractivity contribution is -0.133. The minimum atomic E-state index is 0.211. The summed E-state index contributed by atoms with van der Waals surface area (Å²) in [4.78, 5) is 14.2. The summed E-state index contributed by atoms with van der Waals surface area (Å²) in [5, 5.41) is 0. The third-order valence-corrected chi connectivity index (χ3v) is 3.99. The van der Waals surface area contributed by atoms with Gasteiger partial charge in [-0.25, -0.2) is 0 Å². The van der Waals surface area contributed by atoms with Crippen LogP contribution in [0.15, 0.2) is 0 Å². The first kappa shape index (κ1) is 14.8. The summed E-state index contributed by atoms with van der Waals surface area (Å²) >= 11 is 4.35. The zero-order valence-electron chi connectivity index (χ0n) is 11.2. The van der Waals surface area contributed by atoms with E-state index in [4.69, 9.17) is 4.74 Å². The average molecular weight is 259 g/mol. The van der Waals surface area contributed by atoms with E-state index in [1.54, 1.807) is 7.11 Å². The van der Waals surface area contributed by atoms with Crippen molar-refractivity contribution in [1.82, 2.24) is 4.90 Å². The first-order valence-electron chi connectivity index (χ1n) is 6.40. The van der Waals surface area contributed by atoms with Crippen molar-refractivity contribution in [3.05, 3.63) is 0 Å². The fourth-order valence-corrected chi connectivity index (χ4v) is 2.39. The maximum Gasteiger partial charge on any atom is 0.223 e. The highest BCUT2D eigenvalue weighted by Gasteiger charge is 2.43. The summed E-state index contributed by atoms with van der Waals surface area (Å²) in [7, 11) is 1.67. The third kappa shape index (κ3) is 4.88. The van der Waals surface area contributed by atoms with Crippen molar-refractivity contribution in [3.63, 3.8) is 0 Å². The predicted molar refractivity (Wildman–Crippen MR) is 73.4 cm³/mol. The van der Waals surface area contributed by atoms with Gasteiger partial charge in [0.1, 0.15) is 0 Å². The Labute approximate surface area is 110 Å². The van der Waals surface area contributed by atoms with E-state index >= 15 is 0 Å². The van der Waals surface area contributed by atoms with Crippen LogP contribution in [0.3, 0.4) is 0 Å². The van der Waals surface area contributed by atoms with Crippen LogP contribution in [0.1, 0.15) is 33.1 Å². The van der Waals surface area contributed by atoms with Gasteiger partial charge in [-0.3, -0.25) is 4.79 Å². The van der Waals surface area contributed by atoms with Gasteiger partial charge in [0.15, 0.2) is 0 Å². The zero-order valence-corrected chi connectivity index (χ0v) is 12.1. The number of carbonyl (C=O) groups excluding carboxylic acids is 1. The van der Waals surface area contributed by atoms with E-state index in [0.29, 0.717) is 25.5 Å². The molecule has 0 aromatic rings. The van der Waals surface area contributed by atoms with Gasteiger partial charge in [0.25, 0.3) is 0 Å². The van der Waals surface area contributed by atoms with E-state index in [0.717, 1.165) is 25.1 Å². The standard InChI is InChI=1S/C13H25NO2S/c1-11(2)9-14(6-7-16-3)12(15)8-13(10-17)4-5-13/h11,17H,4-10H2,1-3H3. The second kappa shape index (κ2) is 6.64. The number of thiol groups is 1. The molecule has 17 heavy (non-hydrogen) atoms. The fourth-order valence-electron chi connectivity index (χ4n) is 1.96. The van der Waals surface area contributed by atoms with Crippen molar-refractivity contribution in [2.24, 2.45) is 11.3 Å². The zero-order chi connectivity index (χ0) is 12.9. The molecule has 0 N–H and O–H groups in total. The molecule has 1 aliphatic rings. The largest absolute Gasteiger partial charge is 0.383 e. The highest BCUT2D eigenvalue weighted by molar-refractivity contribution is 7.80. The Hall–Kier alpha value is -0.220. The van der Waals surface area contributed by atoms with E-state index in [1.165, 1.54) is 0 Å². The van der Waals surface area contributed by atoms with Crippen LogP contribution in [0, 0.1) is 11.3 Å². The molecule has 0 spiro atoms. The monoisotopic (exact) mass is 259 g/mol. The number of hydrogen-bond acceptors (Lipinski definition) is 3. The Kier molecular flexibility index (Phi) is 5.80. The van der Waals surface area contributed by atoms with Crippen LogP contribution in [0.5, 0.6) is 0 Å². The van der Waals surface area contributed by atoms with Gasteiger partial charge in [0.2, 0.25) is 5.91 Å². The van der Waals surface area contributed by atoms with Crippen molar-refractivity contribution < 1.29 is 9.53 Å². The minimum absolute atomic E-state index is 0.211. The molecule has 1 aliphatic carbocycles. The Bertz CT molecular complexity index is 252. The second-order valence-electron chi connectivity index (χ2n) is 5.56. The van der Waals surface area contributed by atoms with Crippen LogP contribution in [0.25, 0.3) is 0 Å². The van der Waals surface area contributed by atoms with Gasteiger partial charge in [0.05, 0.1) is 6.61 Å². The molecule has 4 heteroatoms. The molecule has 1 rings (SSSR count). The van der Waals surface area contributed by atoms with Crippen LogP contribution in [0.4, 0.5) is 0 Å². The summed E-state index contributed by atoms with van der Waals surface area (Å²) in [5.41, 5.74) is 0.211. The number of nitrogens with zero attached hydrogens (tertiary/aromatic N) is 1. The van der Waals surface area contributed by atoms with Crippen molar-refractivity contribution in [3.8, 4) is 0 Å². The first-order chi connectivity index (χ1) is 8.03. The smallest absolute Gasteiger partial charge is 0.223 e. The fraction of sp³-hybridized carbons (Fsp3) is 0.923. The van der Waals surface area contributed by atoms with Crippen molar-refractivity contribution in [1.29, 1.82) is 0 Å². The van der Waals surface area contributed by atoms with Crippen molar-refractivity contribution in [2.75, 3.05) is 32.6 Å². The molecular formula is C13H25NO2S. The van der Waals surface area contributed by atoms with Gasteiger partial charge in [0, 0.05) is 26.6 Å². The van der Waals surface area contributed by atoms with E-state index in [1.807, 2.05) is 4.90 Å². The van der Waals surface area contributed by atoms with Crippen molar-refractivity contribution >= 4 is 18.5 Å². The van der Waals surface area contributed by atoms with Crippen LogP contribution >= 0.6 is 12.6 Å². The number of methoxy groups -OCH3 is 1. The van der Waals surface area contributed by atoms with E-state index in [9.17, 15) is 4.79 Å². The topological polar surface area (TPSA) is 29.5 Å². The first-order valence-corrected chi connectivity index (χ1v) is 7.04.